The average Bonchev–Trinajstić information content (AvgIpc) is 3.11. The molecule has 2 aliphatic rings. The number of likely N-dealkylation sites (tertiary alicyclic amines) is 1. The molecule has 29 heavy (non-hydrogen) atoms. The normalized spacial score (nSPS) is 20.4. The molecule has 7 nitrogen and oxygen atoms in total. The molecule has 1 atom stereocenters. The zero-order valence-electron chi connectivity index (χ0n) is 16.6. The predicted octanol–water partition coefficient (Wildman–Crippen LogP) is 2.98. The van der Waals surface area contributed by atoms with Crippen LogP contribution in [-0.2, 0) is 4.74 Å². The second kappa shape index (κ2) is 8.21. The van der Waals surface area contributed by atoms with Gasteiger partial charge in [-0.05, 0) is 56.0 Å². The number of hydrogen-bond donors (Lipinski definition) is 2. The molecule has 2 saturated heterocycles. The Bertz CT molecular complexity index is 879. The summed E-state index contributed by atoms with van der Waals surface area (Å²) in [7, 11) is 0. The van der Waals surface area contributed by atoms with E-state index in [1.807, 2.05) is 36.1 Å². The number of amides is 3. The van der Waals surface area contributed by atoms with E-state index in [0.29, 0.717) is 25.4 Å². The number of nitrogens with one attached hydrogen (secondary N) is 2. The van der Waals surface area contributed by atoms with Gasteiger partial charge in [-0.15, -0.1) is 0 Å². The number of piperidine rings is 1. The number of urea groups is 1. The van der Waals surface area contributed by atoms with Gasteiger partial charge in [0.2, 0.25) is 0 Å². The molecule has 4 rings (SSSR count). The smallest absolute Gasteiger partial charge is 0.321 e. The number of aromatic nitrogens is 1. The maximum absolute atomic E-state index is 12.6. The highest BCUT2D eigenvalue weighted by atomic mass is 16.5. The van der Waals surface area contributed by atoms with Gasteiger partial charge in [0, 0.05) is 25.0 Å². The fourth-order valence-electron chi connectivity index (χ4n) is 4.08. The minimum Gasteiger partial charge on any atom is -0.373 e. The molecule has 1 aromatic heterocycles. The highest BCUT2D eigenvalue weighted by molar-refractivity contribution is 5.92. The summed E-state index contributed by atoms with van der Waals surface area (Å²) in [6.07, 6.45) is 3.91. The van der Waals surface area contributed by atoms with Crippen molar-refractivity contribution in [3.63, 3.8) is 0 Å². The lowest BCUT2D eigenvalue weighted by atomic mass is 9.87. The largest absolute Gasteiger partial charge is 0.373 e. The summed E-state index contributed by atoms with van der Waals surface area (Å²) in [6.45, 7) is 3.77. The molecule has 1 aromatic carbocycles. The van der Waals surface area contributed by atoms with Gasteiger partial charge in [0.25, 0.3) is 5.91 Å². The first-order chi connectivity index (χ1) is 14.0. The second-order valence-corrected chi connectivity index (χ2v) is 7.87. The summed E-state index contributed by atoms with van der Waals surface area (Å²) in [6, 6.07) is 13.0. The van der Waals surface area contributed by atoms with Gasteiger partial charge in [-0.3, -0.25) is 9.78 Å². The van der Waals surface area contributed by atoms with Gasteiger partial charge in [0.1, 0.15) is 5.69 Å². The van der Waals surface area contributed by atoms with E-state index in [9.17, 15) is 9.59 Å². The molecule has 2 N–H and O–H groups in total. The minimum atomic E-state index is -0.262. The lowest BCUT2D eigenvalue weighted by Crippen LogP contribution is -2.48. The fourth-order valence-corrected chi connectivity index (χ4v) is 4.08. The third-order valence-corrected chi connectivity index (χ3v) is 5.67. The number of anilines is 1. The molecule has 2 fully saturated rings. The highest BCUT2D eigenvalue weighted by Gasteiger charge is 2.43. The molecule has 2 aliphatic heterocycles. The van der Waals surface area contributed by atoms with Crippen molar-refractivity contribution < 1.29 is 14.3 Å². The van der Waals surface area contributed by atoms with Crippen LogP contribution in [0, 0.1) is 6.92 Å². The SMILES string of the molecule is Cc1cccc(NC(=O)N2CCC3(CC2)C[C@@H](NC(=O)c2ccccn2)CO3)c1. The molecule has 2 aromatic rings. The van der Waals surface area contributed by atoms with Crippen molar-refractivity contribution in [1.82, 2.24) is 15.2 Å². The molecule has 7 heteroatoms. The van der Waals surface area contributed by atoms with Gasteiger partial charge < -0.3 is 20.3 Å². The molecular formula is C22H26N4O3. The summed E-state index contributed by atoms with van der Waals surface area (Å²) >= 11 is 0. The van der Waals surface area contributed by atoms with E-state index in [1.165, 1.54) is 0 Å². The van der Waals surface area contributed by atoms with Crippen LogP contribution in [-0.4, -0.2) is 53.2 Å². The van der Waals surface area contributed by atoms with Gasteiger partial charge in [0.15, 0.2) is 0 Å². The minimum absolute atomic E-state index is 0.0304. The standard InChI is InChI=1S/C22H26N4O3/c1-16-5-4-6-17(13-16)25-21(28)26-11-8-22(9-12-26)14-18(15-29-22)24-20(27)19-7-2-3-10-23-19/h2-7,10,13,18H,8-9,11-12,14-15H2,1H3,(H,24,27)(H,25,28)/t18-/m1/s1. The van der Waals surface area contributed by atoms with Crippen LogP contribution in [0.4, 0.5) is 10.5 Å². The maximum Gasteiger partial charge on any atom is 0.321 e. The fraction of sp³-hybridized carbons (Fsp3) is 0.409. The van der Waals surface area contributed by atoms with Gasteiger partial charge in [-0.1, -0.05) is 18.2 Å². The lowest BCUT2D eigenvalue weighted by molar-refractivity contribution is -0.0355. The van der Waals surface area contributed by atoms with Crippen LogP contribution in [0.1, 0.15) is 35.3 Å². The molecule has 0 radical (unpaired) electrons. The van der Waals surface area contributed by atoms with Gasteiger partial charge >= 0.3 is 6.03 Å². The molecule has 152 valence electrons. The van der Waals surface area contributed by atoms with Crippen LogP contribution < -0.4 is 10.6 Å². The van der Waals surface area contributed by atoms with Crippen LogP contribution in [0.25, 0.3) is 0 Å². The number of carbonyl (C=O) groups excluding carboxylic acids is 2. The van der Waals surface area contributed by atoms with Crippen molar-refractivity contribution in [2.75, 3.05) is 25.0 Å². The molecule has 0 unspecified atom stereocenters. The van der Waals surface area contributed by atoms with E-state index < -0.39 is 0 Å². The quantitative estimate of drug-likeness (QED) is 0.838. The number of ether oxygens (including phenoxy) is 1. The van der Waals surface area contributed by atoms with Gasteiger partial charge in [-0.2, -0.15) is 0 Å². The Morgan fingerprint density at radius 3 is 2.72 bits per heavy atom. The number of carbonyl (C=O) groups is 2. The Labute approximate surface area is 170 Å². The molecule has 0 aliphatic carbocycles. The number of nitrogens with zero attached hydrogens (tertiary/aromatic N) is 2. The van der Waals surface area contributed by atoms with Crippen molar-refractivity contribution in [3.8, 4) is 0 Å². The first-order valence-corrected chi connectivity index (χ1v) is 10.0. The van der Waals surface area contributed by atoms with Crippen molar-refractivity contribution in [2.45, 2.75) is 37.8 Å². The number of pyridine rings is 1. The second-order valence-electron chi connectivity index (χ2n) is 7.87. The Morgan fingerprint density at radius 2 is 2.00 bits per heavy atom. The molecule has 0 saturated carbocycles. The number of benzene rings is 1. The molecule has 3 amide bonds. The van der Waals surface area contributed by atoms with Crippen LogP contribution in [0.3, 0.4) is 0 Å². The summed E-state index contributed by atoms with van der Waals surface area (Å²) in [5, 5.41) is 5.99. The first-order valence-electron chi connectivity index (χ1n) is 10.0. The molecule has 1 spiro atoms. The van der Waals surface area contributed by atoms with Crippen LogP contribution >= 0.6 is 0 Å². The van der Waals surface area contributed by atoms with Gasteiger partial charge in [0.05, 0.1) is 18.2 Å². The van der Waals surface area contributed by atoms with Crippen LogP contribution in [0.5, 0.6) is 0 Å². The van der Waals surface area contributed by atoms with Crippen molar-refractivity contribution in [2.24, 2.45) is 0 Å². The summed E-state index contributed by atoms with van der Waals surface area (Å²) < 4.78 is 6.10. The van der Waals surface area contributed by atoms with E-state index in [4.69, 9.17) is 4.74 Å². The Hall–Kier alpha value is -2.93. The third kappa shape index (κ3) is 4.56. The van der Waals surface area contributed by atoms with E-state index in [-0.39, 0.29) is 23.6 Å². The monoisotopic (exact) mass is 394 g/mol. The van der Waals surface area contributed by atoms with Crippen molar-refractivity contribution >= 4 is 17.6 Å². The Kier molecular flexibility index (Phi) is 5.49. The van der Waals surface area contributed by atoms with Crippen molar-refractivity contribution in [3.05, 3.63) is 59.9 Å². The van der Waals surface area contributed by atoms with E-state index in [1.54, 1.807) is 24.4 Å². The summed E-state index contributed by atoms with van der Waals surface area (Å²) in [5.74, 6) is -0.175. The first kappa shape index (κ1) is 19.4. The number of rotatable bonds is 3. The van der Waals surface area contributed by atoms with Crippen LogP contribution in [0.2, 0.25) is 0 Å². The van der Waals surface area contributed by atoms with Gasteiger partial charge in [-0.25, -0.2) is 4.79 Å². The highest BCUT2D eigenvalue weighted by Crippen LogP contribution is 2.36. The third-order valence-electron chi connectivity index (χ3n) is 5.67. The maximum atomic E-state index is 12.6. The molecule has 3 heterocycles. The summed E-state index contributed by atoms with van der Waals surface area (Å²) in [5.41, 5.74) is 2.07. The van der Waals surface area contributed by atoms with Crippen molar-refractivity contribution in [1.29, 1.82) is 0 Å². The number of hydrogen-bond acceptors (Lipinski definition) is 4. The average molecular weight is 394 g/mol. The van der Waals surface area contributed by atoms with E-state index >= 15 is 0 Å². The topological polar surface area (TPSA) is 83.6 Å². The zero-order valence-corrected chi connectivity index (χ0v) is 16.6. The molecular weight excluding hydrogens is 368 g/mol. The summed E-state index contributed by atoms with van der Waals surface area (Å²) in [4.78, 5) is 30.8. The van der Waals surface area contributed by atoms with E-state index in [0.717, 1.165) is 30.5 Å². The van der Waals surface area contributed by atoms with Crippen LogP contribution in [0.15, 0.2) is 48.7 Å². The lowest BCUT2D eigenvalue weighted by Gasteiger charge is -2.38. The molecule has 0 bridgehead atoms. The zero-order chi connectivity index (χ0) is 20.3. The Morgan fingerprint density at radius 1 is 1.17 bits per heavy atom. The van der Waals surface area contributed by atoms with E-state index in [2.05, 4.69) is 15.6 Å². The number of aryl methyl sites for hydroxylation is 1. The Balaban J connectivity index is 1.28. The predicted molar refractivity (Wildman–Crippen MR) is 110 cm³/mol.